The molecule has 0 N–H and O–H groups in total. The van der Waals surface area contributed by atoms with E-state index in [0.29, 0.717) is 36.3 Å². The summed E-state index contributed by atoms with van der Waals surface area (Å²) >= 11 is 0. The van der Waals surface area contributed by atoms with E-state index in [1.54, 1.807) is 0 Å². The second-order valence-electron chi connectivity index (χ2n) is 12.7. The fourth-order valence-corrected chi connectivity index (χ4v) is 6.40. The van der Waals surface area contributed by atoms with E-state index in [1.807, 2.05) is 0 Å². The molecule has 218 valence electrons. The Bertz CT molecular complexity index is 1040. The molecule has 4 nitrogen and oxygen atoms in total. The number of rotatable bonds is 12. The van der Waals surface area contributed by atoms with Crippen LogP contribution in [0.5, 0.6) is 0 Å². The van der Waals surface area contributed by atoms with Crippen LogP contribution in [0.3, 0.4) is 0 Å². The third kappa shape index (κ3) is 7.13. The molecule has 0 bridgehead atoms. The van der Waals surface area contributed by atoms with Crippen molar-refractivity contribution in [3.63, 3.8) is 0 Å². The van der Waals surface area contributed by atoms with Crippen LogP contribution in [-0.4, -0.2) is 36.3 Å². The minimum absolute atomic E-state index is 0.409. The van der Waals surface area contributed by atoms with Crippen molar-refractivity contribution in [2.45, 2.75) is 119 Å². The van der Waals surface area contributed by atoms with Crippen molar-refractivity contribution in [1.29, 1.82) is 0 Å². The molecule has 40 heavy (non-hydrogen) atoms. The van der Waals surface area contributed by atoms with Crippen molar-refractivity contribution >= 4 is 34.1 Å². The van der Waals surface area contributed by atoms with Crippen LogP contribution in [0.2, 0.25) is 0 Å². The SMILES string of the molecule is CC(C)N(c1cccc(N(c2cccc(N(C(C)C)C(C)C)c2)c2cccc(N(C(C)C)C(C)C)c2)c1)C(C)C. The summed E-state index contributed by atoms with van der Waals surface area (Å²) in [6.07, 6.45) is 0. The molecule has 0 spiro atoms. The first kappa shape index (κ1) is 31.4. The number of hydrogen-bond donors (Lipinski definition) is 0. The second-order valence-corrected chi connectivity index (χ2v) is 12.7. The number of hydrogen-bond acceptors (Lipinski definition) is 4. The number of nitrogens with zero attached hydrogens (tertiary/aromatic N) is 4. The van der Waals surface area contributed by atoms with E-state index in [1.165, 1.54) is 34.1 Å². The van der Waals surface area contributed by atoms with E-state index >= 15 is 0 Å². The highest BCUT2D eigenvalue weighted by atomic mass is 15.2. The van der Waals surface area contributed by atoms with Crippen molar-refractivity contribution < 1.29 is 0 Å². The van der Waals surface area contributed by atoms with Crippen LogP contribution in [0.1, 0.15) is 83.1 Å². The van der Waals surface area contributed by atoms with Crippen molar-refractivity contribution in [1.82, 2.24) is 0 Å². The second kappa shape index (κ2) is 13.5. The van der Waals surface area contributed by atoms with E-state index < -0.39 is 0 Å². The van der Waals surface area contributed by atoms with Gasteiger partial charge in [0.05, 0.1) is 0 Å². The van der Waals surface area contributed by atoms with Crippen molar-refractivity contribution in [3.05, 3.63) is 72.8 Å². The molecule has 0 aromatic heterocycles. The summed E-state index contributed by atoms with van der Waals surface area (Å²) in [5, 5.41) is 0. The van der Waals surface area contributed by atoms with Crippen LogP contribution < -0.4 is 19.6 Å². The molecule has 0 unspecified atom stereocenters. The van der Waals surface area contributed by atoms with Gasteiger partial charge in [0.15, 0.2) is 0 Å². The van der Waals surface area contributed by atoms with E-state index in [9.17, 15) is 0 Å². The van der Waals surface area contributed by atoms with Crippen LogP contribution in [0.25, 0.3) is 0 Å². The van der Waals surface area contributed by atoms with Crippen LogP contribution in [-0.2, 0) is 0 Å². The van der Waals surface area contributed by atoms with Crippen LogP contribution >= 0.6 is 0 Å². The molecule has 0 heterocycles. The van der Waals surface area contributed by atoms with E-state index in [0.717, 1.165) is 0 Å². The topological polar surface area (TPSA) is 13.0 Å². The average molecular weight is 543 g/mol. The van der Waals surface area contributed by atoms with Gasteiger partial charge in [-0.05, 0) is 138 Å². The molecule has 0 atom stereocenters. The normalized spacial score (nSPS) is 11.8. The zero-order chi connectivity index (χ0) is 29.7. The zero-order valence-corrected chi connectivity index (χ0v) is 27.2. The summed E-state index contributed by atoms with van der Waals surface area (Å²) in [7, 11) is 0. The van der Waals surface area contributed by atoms with Gasteiger partial charge in [-0.3, -0.25) is 0 Å². The van der Waals surface area contributed by atoms with Gasteiger partial charge in [-0.15, -0.1) is 0 Å². The van der Waals surface area contributed by atoms with Gasteiger partial charge in [-0.2, -0.15) is 0 Å². The standard InChI is InChI=1S/C36H54N4/c1-25(2)37(26(3)4)31-16-13-19-34(22-31)40(35-20-14-17-32(23-35)38(27(5)6)28(7)8)36-21-15-18-33(24-36)39(29(9)10)30(11)12/h13-30H,1-12H3. The maximum Gasteiger partial charge on any atom is 0.0482 e. The Morgan fingerprint density at radius 3 is 0.725 bits per heavy atom. The molecular formula is C36H54N4. The highest BCUT2D eigenvalue weighted by Crippen LogP contribution is 2.40. The minimum atomic E-state index is 0.409. The Morgan fingerprint density at radius 1 is 0.325 bits per heavy atom. The predicted molar refractivity (Wildman–Crippen MR) is 179 cm³/mol. The lowest BCUT2D eigenvalue weighted by Crippen LogP contribution is -2.37. The Labute approximate surface area is 245 Å². The van der Waals surface area contributed by atoms with Gasteiger partial charge >= 0.3 is 0 Å². The molecule has 0 fully saturated rings. The molecule has 0 saturated heterocycles. The molecule has 3 rings (SSSR count). The summed E-state index contributed by atoms with van der Waals surface area (Å²) in [5.74, 6) is 0. The Balaban J connectivity index is 2.26. The molecular weight excluding hydrogens is 488 g/mol. The molecule has 0 saturated carbocycles. The van der Waals surface area contributed by atoms with Crippen molar-refractivity contribution in [2.24, 2.45) is 0 Å². The molecule has 4 heteroatoms. The molecule has 0 radical (unpaired) electrons. The average Bonchev–Trinajstić information content (AvgIpc) is 2.84. The van der Waals surface area contributed by atoms with Gasteiger partial charge in [0.25, 0.3) is 0 Å². The molecule has 0 aliphatic carbocycles. The van der Waals surface area contributed by atoms with Gasteiger partial charge in [-0.25, -0.2) is 0 Å². The van der Waals surface area contributed by atoms with E-state index in [2.05, 4.69) is 175 Å². The monoisotopic (exact) mass is 542 g/mol. The lowest BCUT2D eigenvalue weighted by atomic mass is 10.1. The maximum absolute atomic E-state index is 2.49. The van der Waals surface area contributed by atoms with Gasteiger partial charge in [0, 0.05) is 70.4 Å². The van der Waals surface area contributed by atoms with Crippen LogP contribution in [0.4, 0.5) is 34.1 Å². The highest BCUT2D eigenvalue weighted by molar-refractivity contribution is 5.81. The molecule has 0 aliphatic heterocycles. The van der Waals surface area contributed by atoms with Gasteiger partial charge < -0.3 is 19.6 Å². The van der Waals surface area contributed by atoms with Crippen molar-refractivity contribution in [2.75, 3.05) is 19.6 Å². The lowest BCUT2D eigenvalue weighted by molar-refractivity contribution is 0.608. The maximum atomic E-state index is 2.49. The van der Waals surface area contributed by atoms with E-state index in [4.69, 9.17) is 0 Å². The first-order chi connectivity index (χ1) is 18.8. The summed E-state index contributed by atoms with van der Waals surface area (Å²) in [6.45, 7) is 27.3. The van der Waals surface area contributed by atoms with Gasteiger partial charge in [-0.1, -0.05) is 18.2 Å². The van der Waals surface area contributed by atoms with Crippen LogP contribution in [0, 0.1) is 0 Å². The minimum Gasteiger partial charge on any atom is -0.367 e. The fraction of sp³-hybridized carbons (Fsp3) is 0.500. The Hall–Kier alpha value is -3.14. The van der Waals surface area contributed by atoms with Crippen LogP contribution in [0.15, 0.2) is 72.8 Å². The number of anilines is 6. The first-order valence-electron chi connectivity index (χ1n) is 15.3. The van der Waals surface area contributed by atoms with Gasteiger partial charge in [0.2, 0.25) is 0 Å². The third-order valence-electron chi connectivity index (χ3n) is 7.50. The smallest absolute Gasteiger partial charge is 0.0482 e. The predicted octanol–water partition coefficient (Wildman–Crippen LogP) is 10.0. The van der Waals surface area contributed by atoms with E-state index in [-0.39, 0.29) is 0 Å². The quantitative estimate of drug-likeness (QED) is 0.226. The molecule has 3 aromatic rings. The summed E-state index contributed by atoms with van der Waals surface area (Å²) in [4.78, 5) is 9.90. The lowest BCUT2D eigenvalue weighted by Gasteiger charge is -2.36. The molecule has 0 amide bonds. The molecule has 0 aliphatic rings. The fourth-order valence-electron chi connectivity index (χ4n) is 6.40. The Morgan fingerprint density at radius 2 is 0.525 bits per heavy atom. The largest absolute Gasteiger partial charge is 0.367 e. The zero-order valence-electron chi connectivity index (χ0n) is 27.2. The molecule has 3 aromatic carbocycles. The summed E-state index contributed by atoms with van der Waals surface area (Å²) < 4.78 is 0. The number of benzene rings is 3. The summed E-state index contributed by atoms with van der Waals surface area (Å²) in [6, 6.07) is 29.6. The van der Waals surface area contributed by atoms with Gasteiger partial charge in [0.1, 0.15) is 0 Å². The summed E-state index contributed by atoms with van der Waals surface area (Å²) in [5.41, 5.74) is 7.24. The highest BCUT2D eigenvalue weighted by Gasteiger charge is 2.22. The van der Waals surface area contributed by atoms with Crippen molar-refractivity contribution in [3.8, 4) is 0 Å². The first-order valence-corrected chi connectivity index (χ1v) is 15.3. The third-order valence-corrected chi connectivity index (χ3v) is 7.50. The Kier molecular flexibility index (Phi) is 10.6.